The molecule has 0 aromatic carbocycles. The van der Waals surface area contributed by atoms with Gasteiger partial charge in [-0.25, -0.2) is 9.97 Å². The van der Waals surface area contributed by atoms with Gasteiger partial charge in [0.25, 0.3) is 0 Å². The van der Waals surface area contributed by atoms with Crippen LogP contribution in [0.5, 0.6) is 0 Å². The summed E-state index contributed by atoms with van der Waals surface area (Å²) in [5, 5.41) is 0. The summed E-state index contributed by atoms with van der Waals surface area (Å²) in [7, 11) is 0. The number of hydrogen-bond acceptors (Lipinski definition) is 6. The number of thioether (sulfide) groups is 1. The van der Waals surface area contributed by atoms with E-state index in [0.717, 1.165) is 30.4 Å². The molecule has 1 aromatic heterocycles. The Morgan fingerprint density at radius 1 is 1.24 bits per heavy atom. The Morgan fingerprint density at radius 3 is 2.52 bits per heavy atom. The van der Waals surface area contributed by atoms with E-state index in [1.54, 1.807) is 0 Å². The van der Waals surface area contributed by atoms with Crippen LogP contribution < -0.4 is 10.6 Å². The van der Waals surface area contributed by atoms with Crippen molar-refractivity contribution < 1.29 is 9.59 Å². The lowest BCUT2D eigenvalue weighted by Crippen LogP contribution is -2.49. The van der Waals surface area contributed by atoms with Crippen LogP contribution in [0.15, 0.2) is 6.07 Å². The number of nitrogens with zero attached hydrogens (tertiary/aromatic N) is 4. The standard InChI is InChI=1S/C17H27N5O2S/c1-12(2)17-19-13(3)10-15(20-17)21-5-7-22(8-6-21)16(24)4-9-25-11-14(18)23/h10,12H,4-9,11H2,1-3H3,(H2,18,23). The summed E-state index contributed by atoms with van der Waals surface area (Å²) in [6.07, 6.45) is 0.446. The largest absolute Gasteiger partial charge is 0.369 e. The van der Waals surface area contributed by atoms with Crippen molar-refractivity contribution in [3.05, 3.63) is 17.6 Å². The molecule has 2 N–H and O–H groups in total. The molecule has 1 fully saturated rings. The van der Waals surface area contributed by atoms with Crippen LogP contribution in [0.4, 0.5) is 5.82 Å². The number of aryl methyl sites for hydroxylation is 1. The van der Waals surface area contributed by atoms with E-state index in [-0.39, 0.29) is 17.6 Å². The van der Waals surface area contributed by atoms with Gasteiger partial charge in [0.15, 0.2) is 0 Å². The predicted molar refractivity (Wildman–Crippen MR) is 101 cm³/mol. The summed E-state index contributed by atoms with van der Waals surface area (Å²) in [4.78, 5) is 36.2. The summed E-state index contributed by atoms with van der Waals surface area (Å²) < 4.78 is 0. The number of anilines is 1. The molecule has 0 spiro atoms. The molecule has 138 valence electrons. The SMILES string of the molecule is Cc1cc(N2CCN(C(=O)CCSCC(N)=O)CC2)nc(C(C)C)n1. The quantitative estimate of drug-likeness (QED) is 0.729. The maximum atomic E-state index is 12.2. The van der Waals surface area contributed by atoms with E-state index < -0.39 is 0 Å². The number of carbonyl (C=O) groups excluding carboxylic acids is 2. The van der Waals surface area contributed by atoms with E-state index in [2.05, 4.69) is 28.7 Å². The van der Waals surface area contributed by atoms with Crippen molar-refractivity contribution in [2.75, 3.05) is 42.6 Å². The van der Waals surface area contributed by atoms with E-state index in [9.17, 15) is 9.59 Å². The fraction of sp³-hybridized carbons (Fsp3) is 0.647. The molecule has 8 heteroatoms. The zero-order valence-electron chi connectivity index (χ0n) is 15.2. The zero-order valence-corrected chi connectivity index (χ0v) is 16.0. The molecular weight excluding hydrogens is 338 g/mol. The number of rotatable bonds is 7. The highest BCUT2D eigenvalue weighted by Crippen LogP contribution is 2.19. The van der Waals surface area contributed by atoms with Crippen molar-refractivity contribution >= 4 is 29.4 Å². The average Bonchev–Trinajstić information content (AvgIpc) is 2.58. The Balaban J connectivity index is 1.85. The minimum absolute atomic E-state index is 0.137. The Labute approximate surface area is 153 Å². The van der Waals surface area contributed by atoms with Crippen molar-refractivity contribution in [2.24, 2.45) is 5.73 Å². The van der Waals surface area contributed by atoms with Crippen LogP contribution in [-0.2, 0) is 9.59 Å². The highest BCUT2D eigenvalue weighted by molar-refractivity contribution is 7.99. The summed E-state index contributed by atoms with van der Waals surface area (Å²) in [5.74, 6) is 2.79. The molecule has 7 nitrogen and oxygen atoms in total. The lowest BCUT2D eigenvalue weighted by atomic mass is 10.2. The van der Waals surface area contributed by atoms with E-state index in [0.29, 0.717) is 31.2 Å². The molecule has 2 rings (SSSR count). The number of hydrogen-bond donors (Lipinski definition) is 1. The number of carbonyl (C=O) groups is 2. The lowest BCUT2D eigenvalue weighted by Gasteiger charge is -2.35. The molecule has 1 saturated heterocycles. The molecule has 0 saturated carbocycles. The van der Waals surface area contributed by atoms with Crippen LogP contribution in [0.2, 0.25) is 0 Å². The number of nitrogens with two attached hydrogens (primary N) is 1. The van der Waals surface area contributed by atoms with Gasteiger partial charge in [-0.05, 0) is 6.92 Å². The Kier molecular flexibility index (Phi) is 7.04. The first-order chi connectivity index (χ1) is 11.9. The number of amides is 2. The second-order valence-electron chi connectivity index (χ2n) is 6.52. The lowest BCUT2D eigenvalue weighted by molar-refractivity contribution is -0.131. The van der Waals surface area contributed by atoms with Crippen LogP contribution in [-0.4, -0.2) is 64.4 Å². The minimum Gasteiger partial charge on any atom is -0.369 e. The normalized spacial score (nSPS) is 14.9. The molecule has 1 aliphatic rings. The molecule has 0 atom stereocenters. The smallest absolute Gasteiger partial charge is 0.227 e. The third-order valence-electron chi connectivity index (χ3n) is 4.04. The maximum absolute atomic E-state index is 12.2. The van der Waals surface area contributed by atoms with Gasteiger partial charge in [0.2, 0.25) is 11.8 Å². The average molecular weight is 366 g/mol. The highest BCUT2D eigenvalue weighted by Gasteiger charge is 2.22. The van der Waals surface area contributed by atoms with Crippen molar-refractivity contribution in [2.45, 2.75) is 33.1 Å². The van der Waals surface area contributed by atoms with Gasteiger partial charge in [0, 0.05) is 56.0 Å². The summed E-state index contributed by atoms with van der Waals surface area (Å²) in [6.45, 7) is 9.10. The topological polar surface area (TPSA) is 92.4 Å². The maximum Gasteiger partial charge on any atom is 0.227 e. The summed E-state index contributed by atoms with van der Waals surface area (Å²) in [6, 6.07) is 2.00. The third kappa shape index (κ3) is 5.88. The fourth-order valence-corrected chi connectivity index (χ4v) is 3.33. The second kappa shape index (κ2) is 9.03. The molecule has 0 bridgehead atoms. The molecule has 1 aliphatic heterocycles. The first-order valence-corrected chi connectivity index (χ1v) is 9.76. The molecule has 0 unspecified atom stereocenters. The number of piperazine rings is 1. The Hall–Kier alpha value is -1.83. The van der Waals surface area contributed by atoms with Crippen LogP contribution in [0.25, 0.3) is 0 Å². The van der Waals surface area contributed by atoms with Gasteiger partial charge in [-0.2, -0.15) is 11.8 Å². The molecule has 0 radical (unpaired) electrons. The van der Waals surface area contributed by atoms with Crippen LogP contribution in [0, 0.1) is 6.92 Å². The van der Waals surface area contributed by atoms with Gasteiger partial charge in [-0.3, -0.25) is 9.59 Å². The molecule has 0 aliphatic carbocycles. The second-order valence-corrected chi connectivity index (χ2v) is 7.62. The number of primary amides is 1. The van der Waals surface area contributed by atoms with Gasteiger partial charge in [0.05, 0.1) is 5.75 Å². The van der Waals surface area contributed by atoms with Gasteiger partial charge in [0.1, 0.15) is 11.6 Å². The molecular formula is C17H27N5O2S. The van der Waals surface area contributed by atoms with Crippen molar-refractivity contribution in [3.8, 4) is 0 Å². The van der Waals surface area contributed by atoms with Crippen LogP contribution >= 0.6 is 11.8 Å². The monoisotopic (exact) mass is 365 g/mol. The van der Waals surface area contributed by atoms with Gasteiger partial charge in [-0.1, -0.05) is 13.8 Å². The molecule has 2 heterocycles. The van der Waals surface area contributed by atoms with Crippen molar-refractivity contribution in [1.29, 1.82) is 0 Å². The zero-order chi connectivity index (χ0) is 18.4. The van der Waals surface area contributed by atoms with Gasteiger partial charge in [-0.15, -0.1) is 0 Å². The number of aromatic nitrogens is 2. The van der Waals surface area contributed by atoms with E-state index in [4.69, 9.17) is 5.73 Å². The van der Waals surface area contributed by atoms with Crippen LogP contribution in [0.3, 0.4) is 0 Å². The fourth-order valence-electron chi connectivity index (χ4n) is 2.67. The van der Waals surface area contributed by atoms with Crippen molar-refractivity contribution in [1.82, 2.24) is 14.9 Å². The summed E-state index contributed by atoms with van der Waals surface area (Å²) in [5.41, 5.74) is 6.06. The third-order valence-corrected chi connectivity index (χ3v) is 5.02. The molecule has 25 heavy (non-hydrogen) atoms. The van der Waals surface area contributed by atoms with Gasteiger partial charge >= 0.3 is 0 Å². The van der Waals surface area contributed by atoms with Crippen LogP contribution in [0.1, 0.15) is 37.7 Å². The minimum atomic E-state index is -0.341. The highest BCUT2D eigenvalue weighted by atomic mass is 32.2. The molecule has 2 amide bonds. The first-order valence-electron chi connectivity index (χ1n) is 8.61. The van der Waals surface area contributed by atoms with E-state index in [1.807, 2.05) is 17.9 Å². The van der Waals surface area contributed by atoms with E-state index >= 15 is 0 Å². The van der Waals surface area contributed by atoms with Crippen molar-refractivity contribution in [3.63, 3.8) is 0 Å². The first kappa shape index (κ1) is 19.5. The summed E-state index contributed by atoms with van der Waals surface area (Å²) >= 11 is 1.41. The predicted octanol–water partition coefficient (Wildman–Crippen LogP) is 1.17. The Morgan fingerprint density at radius 2 is 1.92 bits per heavy atom. The van der Waals surface area contributed by atoms with E-state index in [1.165, 1.54) is 11.8 Å². The molecule has 1 aromatic rings. The Bertz CT molecular complexity index is 615. The van der Waals surface area contributed by atoms with Gasteiger partial charge < -0.3 is 15.5 Å².